The monoisotopic (exact) mass is 284 g/mol. The Hall–Kier alpha value is -2.98. The summed E-state index contributed by atoms with van der Waals surface area (Å²) in [6, 6.07) is 11.3. The lowest BCUT2D eigenvalue weighted by atomic mass is 10.1. The van der Waals surface area contributed by atoms with E-state index in [9.17, 15) is 9.59 Å². The van der Waals surface area contributed by atoms with Crippen LogP contribution in [0.4, 0.5) is 0 Å². The maximum absolute atomic E-state index is 11.7. The number of carbonyl (C=O) groups is 1. The van der Waals surface area contributed by atoms with Crippen molar-refractivity contribution in [1.82, 2.24) is 0 Å². The van der Waals surface area contributed by atoms with Crippen molar-refractivity contribution < 1.29 is 18.7 Å². The Morgan fingerprint density at radius 1 is 1.29 bits per heavy atom. The molecule has 0 spiro atoms. The van der Waals surface area contributed by atoms with E-state index in [1.165, 1.54) is 6.07 Å². The first-order valence-corrected chi connectivity index (χ1v) is 6.26. The van der Waals surface area contributed by atoms with Crippen LogP contribution in [0.5, 0.6) is 0 Å². The van der Waals surface area contributed by atoms with Crippen LogP contribution in [0.3, 0.4) is 0 Å². The molecule has 0 amide bonds. The summed E-state index contributed by atoms with van der Waals surface area (Å²) in [5.41, 5.74) is 8.79. The second-order valence-electron chi connectivity index (χ2n) is 4.06. The molecule has 21 heavy (non-hydrogen) atoms. The molecule has 0 aliphatic rings. The number of hydrogen-bond acceptors (Lipinski definition) is 4. The van der Waals surface area contributed by atoms with Crippen molar-refractivity contribution in [2.24, 2.45) is 0 Å². The topological polar surface area (TPSA) is 92.9 Å². The fourth-order valence-electron chi connectivity index (χ4n) is 1.73. The summed E-state index contributed by atoms with van der Waals surface area (Å²) in [5.74, 6) is -0.751. The zero-order chi connectivity index (χ0) is 15.2. The zero-order valence-electron chi connectivity index (χ0n) is 11.3. The molecule has 6 nitrogen and oxygen atoms in total. The van der Waals surface area contributed by atoms with Crippen LogP contribution in [0, 0.1) is 0 Å². The molecule has 0 radical (unpaired) electrons. The Kier molecular flexibility index (Phi) is 4.43. The van der Waals surface area contributed by atoms with Crippen LogP contribution in [0.15, 0.2) is 51.7 Å². The van der Waals surface area contributed by atoms with Crippen LogP contribution in [0.1, 0.15) is 12.7 Å². The van der Waals surface area contributed by atoms with Gasteiger partial charge in [-0.25, -0.2) is 4.79 Å². The van der Waals surface area contributed by atoms with Crippen LogP contribution >= 0.6 is 0 Å². The van der Waals surface area contributed by atoms with E-state index in [0.29, 0.717) is 5.56 Å². The van der Waals surface area contributed by atoms with Gasteiger partial charge in [-0.2, -0.15) is 4.79 Å². The highest BCUT2D eigenvalue weighted by molar-refractivity contribution is 6.39. The molecule has 0 unspecified atom stereocenters. The first-order valence-electron chi connectivity index (χ1n) is 6.26. The normalized spacial score (nSPS) is 9.76. The highest BCUT2D eigenvalue weighted by Gasteiger charge is 2.28. The molecule has 106 valence electrons. The summed E-state index contributed by atoms with van der Waals surface area (Å²) in [5, 5.41) is 0. The highest BCUT2D eigenvalue weighted by atomic mass is 16.5. The molecular weight excluding hydrogens is 272 g/mol. The molecule has 1 aromatic carbocycles. The second-order valence-corrected chi connectivity index (χ2v) is 4.06. The van der Waals surface area contributed by atoms with Crippen LogP contribution in [0.2, 0.25) is 0 Å². The van der Waals surface area contributed by atoms with Crippen molar-refractivity contribution in [2.75, 3.05) is 6.61 Å². The van der Waals surface area contributed by atoms with Crippen molar-refractivity contribution in [3.8, 4) is 11.3 Å². The molecule has 0 bridgehead atoms. The standard InChI is InChI=1S/C15H12N2O4/c1-2-20-15(19)14(17-16)13-9-11(18)8-12(21-13)10-6-4-3-5-7-10/h3-9H,2H2,1H3. The second kappa shape index (κ2) is 6.45. The van der Waals surface area contributed by atoms with E-state index < -0.39 is 11.7 Å². The van der Waals surface area contributed by atoms with Gasteiger partial charge in [-0.05, 0) is 6.92 Å². The lowest BCUT2D eigenvalue weighted by molar-refractivity contribution is -0.139. The lowest BCUT2D eigenvalue weighted by Gasteiger charge is -2.02. The van der Waals surface area contributed by atoms with E-state index in [-0.39, 0.29) is 23.6 Å². The Morgan fingerprint density at radius 3 is 2.62 bits per heavy atom. The van der Waals surface area contributed by atoms with E-state index in [4.69, 9.17) is 14.7 Å². The van der Waals surface area contributed by atoms with E-state index in [0.717, 1.165) is 6.07 Å². The van der Waals surface area contributed by atoms with E-state index in [1.54, 1.807) is 31.2 Å². The van der Waals surface area contributed by atoms with Gasteiger partial charge in [-0.15, -0.1) is 0 Å². The average molecular weight is 284 g/mol. The summed E-state index contributed by atoms with van der Waals surface area (Å²) < 4.78 is 10.2. The van der Waals surface area contributed by atoms with Crippen molar-refractivity contribution >= 4 is 11.7 Å². The number of ether oxygens (including phenoxy) is 1. The number of esters is 1. The maximum Gasteiger partial charge on any atom is 0.441 e. The largest absolute Gasteiger partial charge is 0.457 e. The van der Waals surface area contributed by atoms with Crippen LogP contribution in [-0.4, -0.2) is 23.1 Å². The molecule has 2 rings (SSSR count). The molecule has 0 saturated carbocycles. The molecule has 0 atom stereocenters. The number of benzene rings is 1. The average Bonchev–Trinajstić information content (AvgIpc) is 2.48. The molecule has 0 N–H and O–H groups in total. The summed E-state index contributed by atoms with van der Waals surface area (Å²) in [6.07, 6.45) is 0. The molecule has 0 saturated heterocycles. The van der Waals surface area contributed by atoms with Gasteiger partial charge in [-0.1, -0.05) is 30.3 Å². The predicted octanol–water partition coefficient (Wildman–Crippen LogP) is 1.89. The van der Waals surface area contributed by atoms with Gasteiger partial charge in [0.2, 0.25) is 5.76 Å². The maximum atomic E-state index is 11.7. The van der Waals surface area contributed by atoms with Gasteiger partial charge in [0.05, 0.1) is 6.61 Å². The fraction of sp³-hybridized carbons (Fsp3) is 0.133. The van der Waals surface area contributed by atoms with Gasteiger partial charge in [0.1, 0.15) is 5.76 Å². The molecule has 6 heteroatoms. The molecule has 1 aromatic heterocycles. The molecule has 0 fully saturated rings. The van der Waals surface area contributed by atoms with E-state index in [2.05, 4.69) is 4.79 Å². The molecule has 2 aromatic rings. The zero-order valence-corrected chi connectivity index (χ0v) is 11.3. The van der Waals surface area contributed by atoms with Gasteiger partial charge in [-0.3, -0.25) is 4.79 Å². The summed E-state index contributed by atoms with van der Waals surface area (Å²) >= 11 is 0. The van der Waals surface area contributed by atoms with E-state index >= 15 is 0 Å². The summed E-state index contributed by atoms with van der Waals surface area (Å²) in [7, 11) is 0. The predicted molar refractivity (Wildman–Crippen MR) is 74.8 cm³/mol. The van der Waals surface area contributed by atoms with Gasteiger partial charge in [0, 0.05) is 17.7 Å². The van der Waals surface area contributed by atoms with Gasteiger partial charge in [0.15, 0.2) is 5.43 Å². The third kappa shape index (κ3) is 3.32. The first-order chi connectivity index (χ1) is 10.2. The van der Waals surface area contributed by atoms with Gasteiger partial charge >= 0.3 is 11.7 Å². The van der Waals surface area contributed by atoms with E-state index in [1.807, 2.05) is 6.07 Å². The third-order valence-electron chi connectivity index (χ3n) is 2.63. The number of carbonyl (C=O) groups excluding carboxylic acids is 1. The molecular formula is C15H12N2O4. The van der Waals surface area contributed by atoms with Gasteiger partial charge in [0.25, 0.3) is 0 Å². The smallest absolute Gasteiger partial charge is 0.441 e. The highest BCUT2D eigenvalue weighted by Crippen LogP contribution is 2.18. The Labute approximate surface area is 120 Å². The minimum absolute atomic E-state index is 0.112. The van der Waals surface area contributed by atoms with Gasteiger partial charge < -0.3 is 14.7 Å². The number of hydrogen-bond donors (Lipinski definition) is 0. The number of nitrogens with zero attached hydrogens (tertiary/aromatic N) is 2. The minimum atomic E-state index is -0.867. The SMILES string of the molecule is CCOC(=O)C(=[N+]=[N-])c1cc(=O)cc(-c2ccccc2)o1. The van der Waals surface area contributed by atoms with Crippen LogP contribution < -0.4 is 5.43 Å². The van der Waals surface area contributed by atoms with Crippen molar-refractivity contribution in [1.29, 1.82) is 0 Å². The quantitative estimate of drug-likeness (QED) is 0.371. The fourth-order valence-corrected chi connectivity index (χ4v) is 1.73. The van der Waals surface area contributed by atoms with Crippen molar-refractivity contribution in [3.63, 3.8) is 0 Å². The Morgan fingerprint density at radius 2 is 2.00 bits per heavy atom. The molecule has 0 aliphatic carbocycles. The minimum Gasteiger partial charge on any atom is -0.457 e. The first kappa shape index (κ1) is 14.4. The van der Waals surface area contributed by atoms with Crippen LogP contribution in [0.25, 0.3) is 16.9 Å². The third-order valence-corrected chi connectivity index (χ3v) is 2.63. The summed E-state index contributed by atoms with van der Waals surface area (Å²) in [6.45, 7) is 1.73. The molecule has 0 aliphatic heterocycles. The lowest BCUT2D eigenvalue weighted by Crippen LogP contribution is -2.21. The van der Waals surface area contributed by atoms with Crippen molar-refractivity contribution in [2.45, 2.75) is 6.92 Å². The number of rotatable bonds is 4. The van der Waals surface area contributed by atoms with Crippen LogP contribution in [-0.2, 0) is 9.53 Å². The Balaban J connectivity index is 2.51. The summed E-state index contributed by atoms with van der Waals surface area (Å²) in [4.78, 5) is 26.3. The molecule has 1 heterocycles. The Bertz CT molecular complexity index is 759. The van der Waals surface area contributed by atoms with Crippen molar-refractivity contribution in [3.05, 3.63) is 64.0 Å².